The molecular formula is C22H22F3N3O. The number of alkyl halides is 3. The van der Waals surface area contributed by atoms with Crippen LogP contribution < -0.4 is 0 Å². The van der Waals surface area contributed by atoms with Crippen molar-refractivity contribution < 1.29 is 18.0 Å². The van der Waals surface area contributed by atoms with Crippen LogP contribution in [0.5, 0.6) is 0 Å². The van der Waals surface area contributed by atoms with Crippen LogP contribution >= 0.6 is 0 Å². The van der Waals surface area contributed by atoms with Crippen LogP contribution in [0.15, 0.2) is 48.7 Å². The number of piperidine rings is 1. The van der Waals surface area contributed by atoms with Gasteiger partial charge in [0.05, 0.1) is 5.41 Å². The van der Waals surface area contributed by atoms with E-state index in [1.54, 1.807) is 19.1 Å². The SMILES string of the molecule is CC(=O)C1(c2ccccc2)CCN(Cc2c(C(F)(F)F)[nH]c3ncccc23)CC1. The Hall–Kier alpha value is -2.67. The molecule has 0 aliphatic carbocycles. The highest BCUT2D eigenvalue weighted by Crippen LogP contribution is 2.39. The predicted octanol–water partition coefficient (Wildman–Crippen LogP) is 4.70. The van der Waals surface area contributed by atoms with Gasteiger partial charge in [-0.1, -0.05) is 30.3 Å². The minimum Gasteiger partial charge on any atom is -0.335 e. The highest BCUT2D eigenvalue weighted by atomic mass is 19.4. The molecule has 1 N–H and O–H groups in total. The van der Waals surface area contributed by atoms with E-state index in [2.05, 4.69) is 9.97 Å². The number of fused-ring (bicyclic) bond motifs is 1. The quantitative estimate of drug-likeness (QED) is 0.689. The third kappa shape index (κ3) is 3.55. The van der Waals surface area contributed by atoms with E-state index >= 15 is 0 Å². The minimum atomic E-state index is -4.47. The summed E-state index contributed by atoms with van der Waals surface area (Å²) in [5.41, 5.74) is 0.147. The van der Waals surface area contributed by atoms with Gasteiger partial charge in [-0.3, -0.25) is 9.69 Å². The number of hydrogen-bond donors (Lipinski definition) is 1. The average Bonchev–Trinajstić information content (AvgIpc) is 3.08. The van der Waals surface area contributed by atoms with Crippen LogP contribution in [0.1, 0.15) is 36.6 Å². The summed E-state index contributed by atoms with van der Waals surface area (Å²) < 4.78 is 40.7. The average molecular weight is 401 g/mol. The summed E-state index contributed by atoms with van der Waals surface area (Å²) >= 11 is 0. The molecular weight excluding hydrogens is 379 g/mol. The topological polar surface area (TPSA) is 49.0 Å². The smallest absolute Gasteiger partial charge is 0.335 e. The number of nitrogens with zero attached hydrogens (tertiary/aromatic N) is 2. The number of benzene rings is 1. The Balaban J connectivity index is 1.60. The molecule has 0 radical (unpaired) electrons. The van der Waals surface area contributed by atoms with Gasteiger partial charge >= 0.3 is 6.18 Å². The highest BCUT2D eigenvalue weighted by Gasteiger charge is 2.41. The first kappa shape index (κ1) is 19.6. The van der Waals surface area contributed by atoms with Gasteiger partial charge in [0.2, 0.25) is 0 Å². The summed E-state index contributed by atoms with van der Waals surface area (Å²) in [4.78, 5) is 21.0. The lowest BCUT2D eigenvalue weighted by Crippen LogP contribution is -2.46. The van der Waals surface area contributed by atoms with Gasteiger partial charge < -0.3 is 4.98 Å². The minimum absolute atomic E-state index is 0.107. The lowest BCUT2D eigenvalue weighted by molar-refractivity contribution is -0.141. The van der Waals surface area contributed by atoms with Crippen molar-refractivity contribution in [2.45, 2.75) is 37.9 Å². The molecule has 1 fully saturated rings. The van der Waals surface area contributed by atoms with E-state index < -0.39 is 17.3 Å². The molecule has 0 unspecified atom stereocenters. The Labute approximate surface area is 166 Å². The van der Waals surface area contributed by atoms with Gasteiger partial charge in [-0.25, -0.2) is 4.98 Å². The maximum atomic E-state index is 13.6. The number of likely N-dealkylation sites (tertiary alicyclic amines) is 1. The number of carbonyl (C=O) groups excluding carboxylic acids is 1. The molecule has 4 rings (SSSR count). The number of aromatic amines is 1. The second-order valence-electron chi connectivity index (χ2n) is 7.66. The summed E-state index contributed by atoms with van der Waals surface area (Å²) in [6, 6.07) is 13.0. The van der Waals surface area contributed by atoms with Crippen LogP contribution in [-0.2, 0) is 22.9 Å². The van der Waals surface area contributed by atoms with E-state index in [1.165, 1.54) is 6.20 Å². The van der Waals surface area contributed by atoms with E-state index in [9.17, 15) is 18.0 Å². The molecule has 3 heterocycles. The maximum absolute atomic E-state index is 13.6. The molecule has 1 saturated heterocycles. The molecule has 3 aromatic rings. The fraction of sp³-hybridized carbons (Fsp3) is 0.364. The van der Waals surface area contributed by atoms with Crippen molar-refractivity contribution in [2.24, 2.45) is 0 Å². The van der Waals surface area contributed by atoms with Crippen LogP contribution in [0.2, 0.25) is 0 Å². The van der Waals surface area contributed by atoms with Crippen LogP contribution in [0.3, 0.4) is 0 Å². The highest BCUT2D eigenvalue weighted by molar-refractivity contribution is 5.88. The standard InChI is InChI=1S/C22H22F3N3O/c1-15(29)21(16-6-3-2-4-7-16)9-12-28(13-10-21)14-18-17-8-5-11-26-20(17)27-19(18)22(23,24)25/h2-8,11H,9-10,12-14H2,1H3,(H,26,27). The summed E-state index contributed by atoms with van der Waals surface area (Å²) in [6.45, 7) is 2.89. The molecule has 7 heteroatoms. The zero-order chi connectivity index (χ0) is 20.6. The molecule has 152 valence electrons. The summed E-state index contributed by atoms with van der Waals surface area (Å²) in [5, 5.41) is 0.492. The zero-order valence-corrected chi connectivity index (χ0v) is 16.1. The Morgan fingerprint density at radius 3 is 2.45 bits per heavy atom. The van der Waals surface area contributed by atoms with Crippen molar-refractivity contribution in [1.82, 2.24) is 14.9 Å². The van der Waals surface area contributed by atoms with Gasteiger partial charge in [-0.05, 0) is 50.6 Å². The van der Waals surface area contributed by atoms with Gasteiger partial charge in [-0.2, -0.15) is 13.2 Å². The first-order chi connectivity index (χ1) is 13.8. The van der Waals surface area contributed by atoms with E-state index in [0.29, 0.717) is 31.3 Å². The molecule has 0 saturated carbocycles. The van der Waals surface area contributed by atoms with E-state index in [0.717, 1.165) is 5.56 Å². The maximum Gasteiger partial charge on any atom is 0.431 e. The Morgan fingerprint density at radius 2 is 1.83 bits per heavy atom. The molecule has 29 heavy (non-hydrogen) atoms. The van der Waals surface area contributed by atoms with Crippen LogP contribution in [0, 0.1) is 0 Å². The van der Waals surface area contributed by atoms with E-state index in [4.69, 9.17) is 0 Å². The molecule has 1 aliphatic heterocycles. The second-order valence-corrected chi connectivity index (χ2v) is 7.66. The number of aromatic nitrogens is 2. The fourth-order valence-corrected chi connectivity index (χ4v) is 4.40. The molecule has 1 aromatic carbocycles. The van der Waals surface area contributed by atoms with Crippen molar-refractivity contribution in [2.75, 3.05) is 13.1 Å². The first-order valence-electron chi connectivity index (χ1n) is 9.63. The number of nitrogens with one attached hydrogen (secondary N) is 1. The molecule has 1 aliphatic rings. The van der Waals surface area contributed by atoms with Gasteiger partial charge in [0, 0.05) is 23.7 Å². The normalized spacial score (nSPS) is 17.5. The summed E-state index contributed by atoms with van der Waals surface area (Å²) in [7, 11) is 0. The van der Waals surface area contributed by atoms with Crippen LogP contribution in [0.4, 0.5) is 13.2 Å². The number of pyridine rings is 1. The largest absolute Gasteiger partial charge is 0.431 e. The van der Waals surface area contributed by atoms with Gasteiger partial charge in [0.25, 0.3) is 0 Å². The van der Waals surface area contributed by atoms with E-state index in [1.807, 2.05) is 35.2 Å². The van der Waals surface area contributed by atoms with Crippen LogP contribution in [0.25, 0.3) is 11.0 Å². The number of hydrogen-bond acceptors (Lipinski definition) is 3. The lowest BCUT2D eigenvalue weighted by Gasteiger charge is -2.40. The molecule has 0 atom stereocenters. The van der Waals surface area contributed by atoms with Gasteiger partial charge in [-0.15, -0.1) is 0 Å². The third-order valence-electron chi connectivity index (χ3n) is 6.05. The third-order valence-corrected chi connectivity index (χ3v) is 6.05. The monoisotopic (exact) mass is 401 g/mol. The van der Waals surface area contributed by atoms with Crippen LogP contribution in [-0.4, -0.2) is 33.7 Å². The van der Waals surface area contributed by atoms with E-state index in [-0.39, 0.29) is 23.5 Å². The fourth-order valence-electron chi connectivity index (χ4n) is 4.40. The lowest BCUT2D eigenvalue weighted by atomic mass is 9.70. The molecule has 0 bridgehead atoms. The van der Waals surface area contributed by atoms with Crippen molar-refractivity contribution >= 4 is 16.8 Å². The Kier molecular flexibility index (Phi) is 4.94. The molecule has 0 spiro atoms. The van der Waals surface area contributed by atoms with Crippen molar-refractivity contribution in [3.63, 3.8) is 0 Å². The number of H-pyrrole nitrogens is 1. The number of Topliss-reactive ketones (excluding diaryl/α,β-unsaturated/α-hetero) is 1. The molecule has 4 nitrogen and oxygen atoms in total. The van der Waals surface area contributed by atoms with Gasteiger partial charge in [0.1, 0.15) is 17.1 Å². The number of halogens is 3. The summed E-state index contributed by atoms with van der Waals surface area (Å²) in [6.07, 6.45) is -1.81. The molecule has 0 amide bonds. The van der Waals surface area contributed by atoms with Crippen molar-refractivity contribution in [3.05, 3.63) is 65.5 Å². The predicted molar refractivity (Wildman–Crippen MR) is 104 cm³/mol. The van der Waals surface area contributed by atoms with Gasteiger partial charge in [0.15, 0.2) is 0 Å². The Bertz CT molecular complexity index is 1020. The molecule has 2 aromatic heterocycles. The number of ketones is 1. The number of carbonyl (C=O) groups is 1. The van der Waals surface area contributed by atoms with Crippen molar-refractivity contribution in [3.8, 4) is 0 Å². The first-order valence-corrected chi connectivity index (χ1v) is 9.63. The zero-order valence-electron chi connectivity index (χ0n) is 16.1. The summed E-state index contributed by atoms with van der Waals surface area (Å²) in [5.74, 6) is 0.107. The number of rotatable bonds is 4. The van der Waals surface area contributed by atoms with Crippen molar-refractivity contribution in [1.29, 1.82) is 0 Å². The Morgan fingerprint density at radius 1 is 1.14 bits per heavy atom. The second kappa shape index (κ2) is 7.30.